The van der Waals surface area contributed by atoms with Crippen LogP contribution >= 0.6 is 46.1 Å². The first-order chi connectivity index (χ1) is 12.7. The summed E-state index contributed by atoms with van der Waals surface area (Å²) >= 11 is 5.46. The Kier molecular flexibility index (Phi) is 15.0. The first kappa shape index (κ1) is 26.4. The van der Waals surface area contributed by atoms with Crippen LogP contribution in [0.5, 0.6) is 0 Å². The average molecular weight is 576 g/mol. The van der Waals surface area contributed by atoms with E-state index in [-0.39, 0.29) is 19.1 Å². The van der Waals surface area contributed by atoms with E-state index in [9.17, 15) is 4.79 Å². The van der Waals surface area contributed by atoms with E-state index in [1.54, 1.807) is 15.1 Å². The molecule has 154 valence electrons. The Hall–Kier alpha value is -0.630. The lowest BCUT2D eigenvalue weighted by Crippen LogP contribution is -2.42. The monoisotopic (exact) mass is 575 g/mol. The molecule has 0 bridgehead atoms. The number of ether oxygens (including phenoxy) is 1. The first-order valence-corrected chi connectivity index (χ1v) is 12.5. The largest absolute Gasteiger partial charge is 0.481 e. The number of rotatable bonds is 9. The minimum atomic E-state index is -0.883. The van der Waals surface area contributed by atoms with Gasteiger partial charge in [0, 0.05) is 28.5 Å². The SMILES string of the molecule is CC(C)C(C/C(=N/N)N(N)COCCSI)C(=O)O.Cc1ccc(Br)cn1. The summed E-state index contributed by atoms with van der Waals surface area (Å²) in [4.78, 5) is 15.2. The highest BCUT2D eigenvalue weighted by molar-refractivity contribution is 14.2. The molecule has 0 saturated heterocycles. The van der Waals surface area contributed by atoms with Gasteiger partial charge in [0.1, 0.15) is 12.6 Å². The molecule has 11 heteroatoms. The molecule has 0 fully saturated rings. The third-order valence-electron chi connectivity index (χ3n) is 3.42. The Morgan fingerprint density at radius 2 is 2.19 bits per heavy atom. The summed E-state index contributed by atoms with van der Waals surface area (Å²) in [6.45, 7) is 6.33. The number of aromatic nitrogens is 1. The average Bonchev–Trinajstić information content (AvgIpc) is 2.61. The number of hydrazone groups is 1. The van der Waals surface area contributed by atoms with Gasteiger partial charge in [-0.1, -0.05) is 22.8 Å². The fourth-order valence-electron chi connectivity index (χ4n) is 1.83. The topological polar surface area (TPSA) is 127 Å². The van der Waals surface area contributed by atoms with Crippen LogP contribution in [0.4, 0.5) is 0 Å². The van der Waals surface area contributed by atoms with Crippen LogP contribution < -0.4 is 11.7 Å². The van der Waals surface area contributed by atoms with Gasteiger partial charge >= 0.3 is 5.97 Å². The van der Waals surface area contributed by atoms with Crippen LogP contribution in [0.3, 0.4) is 0 Å². The molecule has 27 heavy (non-hydrogen) atoms. The number of halogens is 2. The second-order valence-electron chi connectivity index (χ2n) is 5.88. The molecule has 8 nitrogen and oxygen atoms in total. The van der Waals surface area contributed by atoms with Crippen molar-refractivity contribution >= 4 is 57.9 Å². The molecular formula is C16H27BrIN5O3S. The zero-order valence-electron chi connectivity index (χ0n) is 15.6. The highest BCUT2D eigenvalue weighted by atomic mass is 127. The molecular weight excluding hydrogens is 549 g/mol. The number of hydrogen-bond donors (Lipinski definition) is 3. The third-order valence-corrected chi connectivity index (χ3v) is 5.53. The highest BCUT2D eigenvalue weighted by Gasteiger charge is 2.25. The molecule has 0 aliphatic carbocycles. The van der Waals surface area contributed by atoms with E-state index >= 15 is 0 Å². The van der Waals surface area contributed by atoms with Crippen LogP contribution in [-0.2, 0) is 9.53 Å². The standard InChI is InChI=1S/C10H21IN4O3S.C6H6BrN/c1-7(2)8(10(16)17)5-9(14-12)15(13)6-18-3-4-19-11;1-5-2-3-6(7)4-8-5/h7-8H,3-6,12-13H2,1-2H3,(H,16,17);2-4H,1H3/b14-9-;. The quantitative estimate of drug-likeness (QED) is 0.0777. The van der Waals surface area contributed by atoms with Gasteiger partial charge < -0.3 is 15.7 Å². The number of nitrogens with zero attached hydrogens (tertiary/aromatic N) is 3. The molecule has 0 aliphatic heterocycles. The number of nitrogens with two attached hydrogens (primary N) is 2. The van der Waals surface area contributed by atoms with Crippen LogP contribution in [0.15, 0.2) is 27.9 Å². The molecule has 1 heterocycles. The maximum atomic E-state index is 11.1. The number of aryl methyl sites for hydroxylation is 1. The summed E-state index contributed by atoms with van der Waals surface area (Å²) in [6, 6.07) is 3.94. The number of carbonyl (C=O) groups is 1. The molecule has 1 aromatic rings. The Morgan fingerprint density at radius 3 is 2.59 bits per heavy atom. The van der Waals surface area contributed by atoms with E-state index in [4.69, 9.17) is 21.5 Å². The number of hydrazine groups is 1. The minimum Gasteiger partial charge on any atom is -0.481 e. The lowest BCUT2D eigenvalue weighted by Gasteiger charge is -2.23. The second kappa shape index (κ2) is 15.3. The molecule has 0 aliphatic rings. The van der Waals surface area contributed by atoms with Crippen molar-refractivity contribution in [3.05, 3.63) is 28.5 Å². The highest BCUT2D eigenvalue weighted by Crippen LogP contribution is 2.17. The van der Waals surface area contributed by atoms with Crippen LogP contribution in [0.2, 0.25) is 0 Å². The maximum absolute atomic E-state index is 11.1. The van der Waals surface area contributed by atoms with Crippen LogP contribution in [0.1, 0.15) is 26.0 Å². The molecule has 1 unspecified atom stereocenters. The van der Waals surface area contributed by atoms with Gasteiger partial charge in [-0.15, -0.1) is 0 Å². The van der Waals surface area contributed by atoms with Gasteiger partial charge in [0.25, 0.3) is 0 Å². The molecule has 5 N–H and O–H groups in total. The summed E-state index contributed by atoms with van der Waals surface area (Å²) in [6.07, 6.45) is 1.97. The molecule has 0 saturated carbocycles. The van der Waals surface area contributed by atoms with E-state index in [1.807, 2.05) is 32.9 Å². The number of hydrogen-bond acceptors (Lipinski definition) is 7. The Labute approximate surface area is 185 Å². The molecule has 0 spiro atoms. The lowest BCUT2D eigenvalue weighted by molar-refractivity contribution is -0.143. The van der Waals surface area contributed by atoms with E-state index in [0.717, 1.165) is 15.9 Å². The van der Waals surface area contributed by atoms with Gasteiger partial charge in [0.2, 0.25) is 0 Å². The normalized spacial score (nSPS) is 12.3. The van der Waals surface area contributed by atoms with Crippen molar-refractivity contribution in [1.29, 1.82) is 0 Å². The zero-order chi connectivity index (χ0) is 20.8. The predicted molar refractivity (Wildman–Crippen MR) is 122 cm³/mol. The minimum absolute atomic E-state index is 0.0287. The van der Waals surface area contributed by atoms with Gasteiger partial charge in [-0.2, -0.15) is 5.10 Å². The van der Waals surface area contributed by atoms with Crippen LogP contribution in [0, 0.1) is 18.8 Å². The van der Waals surface area contributed by atoms with E-state index in [0.29, 0.717) is 12.4 Å². The Morgan fingerprint density at radius 1 is 1.52 bits per heavy atom. The summed E-state index contributed by atoms with van der Waals surface area (Å²) in [5.74, 6) is 10.7. The van der Waals surface area contributed by atoms with Gasteiger partial charge in [-0.05, 0) is 62.1 Å². The first-order valence-electron chi connectivity index (χ1n) is 8.14. The molecule has 1 aromatic heterocycles. The number of aliphatic carboxylic acids is 1. The summed E-state index contributed by atoms with van der Waals surface area (Å²) in [5, 5.41) is 13.9. The third kappa shape index (κ3) is 12.4. The van der Waals surface area contributed by atoms with Crippen molar-refractivity contribution in [3.63, 3.8) is 0 Å². The van der Waals surface area contributed by atoms with Crippen molar-refractivity contribution in [1.82, 2.24) is 9.99 Å². The number of amidine groups is 1. The summed E-state index contributed by atoms with van der Waals surface area (Å²) in [5.41, 5.74) is 1.05. The number of pyridine rings is 1. The van der Waals surface area contributed by atoms with Crippen molar-refractivity contribution in [2.24, 2.45) is 28.6 Å². The Bertz CT molecular complexity index is 557. The van der Waals surface area contributed by atoms with Gasteiger partial charge in [0.15, 0.2) is 0 Å². The van der Waals surface area contributed by atoms with Crippen molar-refractivity contribution in [2.75, 3.05) is 19.1 Å². The smallest absolute Gasteiger partial charge is 0.307 e. The van der Waals surface area contributed by atoms with Gasteiger partial charge in [0.05, 0.1) is 12.5 Å². The van der Waals surface area contributed by atoms with Crippen LogP contribution in [-0.4, -0.2) is 46.0 Å². The van der Waals surface area contributed by atoms with Crippen molar-refractivity contribution < 1.29 is 14.6 Å². The van der Waals surface area contributed by atoms with Gasteiger partial charge in [-0.25, -0.2) is 5.84 Å². The molecule has 0 radical (unpaired) electrons. The second-order valence-corrected chi connectivity index (χ2v) is 9.29. The number of carboxylic acids is 1. The van der Waals surface area contributed by atoms with Crippen LogP contribution in [0.25, 0.3) is 0 Å². The van der Waals surface area contributed by atoms with E-state index in [2.05, 4.69) is 47.2 Å². The van der Waals surface area contributed by atoms with Gasteiger partial charge in [-0.3, -0.25) is 14.8 Å². The molecule has 1 rings (SSSR count). The number of carboxylic acid groups (broad SMARTS) is 1. The fourth-order valence-corrected chi connectivity index (χ4v) is 2.78. The van der Waals surface area contributed by atoms with E-state index in [1.165, 1.54) is 5.01 Å². The van der Waals surface area contributed by atoms with Crippen molar-refractivity contribution in [3.8, 4) is 0 Å². The molecule has 0 amide bonds. The zero-order valence-corrected chi connectivity index (χ0v) is 20.2. The van der Waals surface area contributed by atoms with Crippen molar-refractivity contribution in [2.45, 2.75) is 27.2 Å². The molecule has 0 aromatic carbocycles. The molecule has 1 atom stereocenters. The fraction of sp³-hybridized carbons (Fsp3) is 0.562. The Balaban J connectivity index is 0.000000694. The predicted octanol–water partition coefficient (Wildman–Crippen LogP) is 3.39. The summed E-state index contributed by atoms with van der Waals surface area (Å²) < 4.78 is 6.34. The summed E-state index contributed by atoms with van der Waals surface area (Å²) in [7, 11) is 1.64. The van der Waals surface area contributed by atoms with E-state index < -0.39 is 11.9 Å². The maximum Gasteiger partial charge on any atom is 0.307 e. The lowest BCUT2D eigenvalue weighted by atomic mass is 9.92.